The molecular formula is C9H17NO2. The van der Waals surface area contributed by atoms with Crippen LogP contribution in [0.4, 0.5) is 0 Å². The van der Waals surface area contributed by atoms with Crippen molar-refractivity contribution in [1.29, 1.82) is 0 Å². The average molecular weight is 171 g/mol. The third-order valence-electron chi connectivity index (χ3n) is 2.27. The van der Waals surface area contributed by atoms with E-state index < -0.39 is 0 Å². The van der Waals surface area contributed by atoms with Gasteiger partial charge in [-0.2, -0.15) is 0 Å². The largest absolute Gasteiger partial charge is 0.370 e. The Morgan fingerprint density at radius 3 is 2.75 bits per heavy atom. The summed E-state index contributed by atoms with van der Waals surface area (Å²) in [6.07, 6.45) is 2.59. The molecule has 1 rings (SSSR count). The van der Waals surface area contributed by atoms with Crippen molar-refractivity contribution < 1.29 is 9.53 Å². The van der Waals surface area contributed by atoms with Crippen molar-refractivity contribution in [3.8, 4) is 0 Å². The van der Waals surface area contributed by atoms with E-state index in [-0.39, 0.29) is 11.6 Å². The molecule has 1 saturated heterocycles. The zero-order valence-corrected chi connectivity index (χ0v) is 7.75. The van der Waals surface area contributed by atoms with Gasteiger partial charge in [-0.25, -0.2) is 0 Å². The van der Waals surface area contributed by atoms with E-state index in [1.165, 1.54) is 0 Å². The Morgan fingerprint density at radius 2 is 2.33 bits per heavy atom. The predicted molar refractivity (Wildman–Crippen MR) is 46.8 cm³/mol. The number of hydrogen-bond acceptors (Lipinski definition) is 3. The topological polar surface area (TPSA) is 55.6 Å². The van der Waals surface area contributed by atoms with Gasteiger partial charge in [0, 0.05) is 0 Å². The maximum atomic E-state index is 10.3. The second-order valence-corrected chi connectivity index (χ2v) is 4.08. The number of carbonyl (C=O) groups excluding carboxylic acids is 1. The third-order valence-corrected chi connectivity index (χ3v) is 2.27. The van der Waals surface area contributed by atoms with E-state index in [0.29, 0.717) is 5.92 Å². The van der Waals surface area contributed by atoms with E-state index in [1.807, 2.05) is 0 Å². The zero-order chi connectivity index (χ0) is 9.19. The summed E-state index contributed by atoms with van der Waals surface area (Å²) in [5.74, 6) is 0.470. The molecule has 0 aromatic carbocycles. The van der Waals surface area contributed by atoms with Crippen molar-refractivity contribution in [1.82, 2.24) is 0 Å². The average Bonchev–Trinajstić information content (AvgIpc) is 2.67. The molecule has 3 atom stereocenters. The van der Waals surface area contributed by atoms with Gasteiger partial charge < -0.3 is 15.3 Å². The van der Waals surface area contributed by atoms with Gasteiger partial charge in [0.25, 0.3) is 0 Å². The summed E-state index contributed by atoms with van der Waals surface area (Å²) in [5, 5.41) is 0. The second kappa shape index (κ2) is 3.54. The first kappa shape index (κ1) is 9.68. The molecule has 70 valence electrons. The Bertz CT molecular complexity index is 166. The van der Waals surface area contributed by atoms with Crippen LogP contribution in [0.5, 0.6) is 0 Å². The lowest BCUT2D eigenvalue weighted by Crippen LogP contribution is -2.25. The lowest BCUT2D eigenvalue weighted by molar-refractivity contribution is -0.109. The van der Waals surface area contributed by atoms with Crippen LogP contribution < -0.4 is 5.73 Å². The molecule has 1 aliphatic rings. The molecule has 2 unspecified atom stereocenters. The summed E-state index contributed by atoms with van der Waals surface area (Å²) < 4.78 is 5.25. The van der Waals surface area contributed by atoms with Gasteiger partial charge in [0.2, 0.25) is 0 Å². The molecular weight excluding hydrogens is 154 g/mol. The number of epoxide rings is 1. The van der Waals surface area contributed by atoms with Crippen LogP contribution in [0.1, 0.15) is 26.7 Å². The monoisotopic (exact) mass is 171 g/mol. The molecule has 0 bridgehead atoms. The van der Waals surface area contributed by atoms with E-state index in [1.54, 1.807) is 0 Å². The standard InChI is InChI=1S/C9H17NO2/c1-7(3-8(10)5-11)4-9(2)6-12-9/h5,7-8H,3-4,6,10H2,1-2H3/t7?,8?,9-/m1/s1. The molecule has 0 spiro atoms. The SMILES string of the molecule is CC(CC(N)C=O)C[C@]1(C)CO1. The number of carbonyl (C=O) groups is 1. The first-order valence-electron chi connectivity index (χ1n) is 4.40. The molecule has 0 aliphatic carbocycles. The highest BCUT2D eigenvalue weighted by atomic mass is 16.6. The van der Waals surface area contributed by atoms with Crippen LogP contribution in [0.2, 0.25) is 0 Å². The van der Waals surface area contributed by atoms with E-state index in [0.717, 1.165) is 25.7 Å². The van der Waals surface area contributed by atoms with Gasteiger partial charge in [-0.1, -0.05) is 6.92 Å². The molecule has 3 nitrogen and oxygen atoms in total. The third kappa shape index (κ3) is 2.91. The Labute approximate surface area is 73.3 Å². The minimum absolute atomic E-state index is 0.0853. The smallest absolute Gasteiger partial charge is 0.136 e. The normalized spacial score (nSPS) is 32.6. The van der Waals surface area contributed by atoms with Crippen LogP contribution in [-0.2, 0) is 9.53 Å². The van der Waals surface area contributed by atoms with E-state index in [4.69, 9.17) is 10.5 Å². The Kier molecular flexibility index (Phi) is 2.85. The number of hydrogen-bond donors (Lipinski definition) is 1. The maximum Gasteiger partial charge on any atom is 0.136 e. The van der Waals surface area contributed by atoms with Crippen molar-refractivity contribution >= 4 is 6.29 Å². The summed E-state index contributed by atoms with van der Waals surface area (Å²) >= 11 is 0. The fourth-order valence-corrected chi connectivity index (χ4v) is 1.58. The summed E-state index contributed by atoms with van der Waals surface area (Å²) in [7, 11) is 0. The van der Waals surface area contributed by atoms with Crippen molar-refractivity contribution in [2.75, 3.05) is 6.61 Å². The van der Waals surface area contributed by atoms with Crippen LogP contribution in [-0.4, -0.2) is 24.5 Å². The Morgan fingerprint density at radius 1 is 1.75 bits per heavy atom. The molecule has 1 aliphatic heterocycles. The van der Waals surface area contributed by atoms with E-state index >= 15 is 0 Å². The van der Waals surface area contributed by atoms with Crippen LogP contribution in [0.3, 0.4) is 0 Å². The van der Waals surface area contributed by atoms with Crippen molar-refractivity contribution in [2.45, 2.75) is 38.3 Å². The highest BCUT2D eigenvalue weighted by Crippen LogP contribution is 2.34. The molecule has 1 heterocycles. The van der Waals surface area contributed by atoms with E-state index in [9.17, 15) is 4.79 Å². The highest BCUT2D eigenvalue weighted by Gasteiger charge is 2.40. The first-order chi connectivity index (χ1) is 5.56. The fraction of sp³-hybridized carbons (Fsp3) is 0.889. The fourth-order valence-electron chi connectivity index (χ4n) is 1.58. The van der Waals surface area contributed by atoms with Crippen molar-refractivity contribution in [2.24, 2.45) is 11.7 Å². The molecule has 0 saturated carbocycles. The molecule has 0 amide bonds. The van der Waals surface area contributed by atoms with Crippen LogP contribution in [0.15, 0.2) is 0 Å². The van der Waals surface area contributed by atoms with Gasteiger partial charge in [-0.05, 0) is 25.7 Å². The van der Waals surface area contributed by atoms with Gasteiger partial charge in [0.05, 0.1) is 18.2 Å². The number of aldehydes is 1. The molecule has 0 aromatic heterocycles. The molecule has 3 heteroatoms. The van der Waals surface area contributed by atoms with Gasteiger partial charge in [-0.15, -0.1) is 0 Å². The molecule has 0 radical (unpaired) electrons. The molecule has 0 aromatic rings. The highest BCUT2D eigenvalue weighted by molar-refractivity contribution is 5.56. The summed E-state index contributed by atoms with van der Waals surface area (Å²) in [6, 6.07) is -0.303. The first-order valence-corrected chi connectivity index (χ1v) is 4.40. The molecule has 1 fully saturated rings. The number of ether oxygens (including phenoxy) is 1. The lowest BCUT2D eigenvalue weighted by atomic mass is 9.93. The summed E-state index contributed by atoms with van der Waals surface area (Å²) in [5.41, 5.74) is 5.59. The second-order valence-electron chi connectivity index (χ2n) is 4.08. The number of rotatable bonds is 5. The quantitative estimate of drug-likeness (QED) is 0.490. The van der Waals surface area contributed by atoms with Gasteiger partial charge in [0.15, 0.2) is 0 Å². The summed E-state index contributed by atoms with van der Waals surface area (Å²) in [4.78, 5) is 10.3. The van der Waals surface area contributed by atoms with Crippen LogP contribution in [0.25, 0.3) is 0 Å². The summed E-state index contributed by atoms with van der Waals surface area (Å²) in [6.45, 7) is 5.06. The maximum absolute atomic E-state index is 10.3. The Balaban J connectivity index is 2.19. The van der Waals surface area contributed by atoms with Gasteiger partial charge in [-0.3, -0.25) is 0 Å². The minimum Gasteiger partial charge on any atom is -0.370 e. The zero-order valence-electron chi connectivity index (χ0n) is 7.75. The molecule has 12 heavy (non-hydrogen) atoms. The minimum atomic E-state index is -0.303. The van der Waals surface area contributed by atoms with Crippen LogP contribution >= 0.6 is 0 Å². The van der Waals surface area contributed by atoms with Crippen molar-refractivity contribution in [3.05, 3.63) is 0 Å². The van der Waals surface area contributed by atoms with E-state index in [2.05, 4.69) is 13.8 Å². The predicted octanol–water partition coefficient (Wildman–Crippen LogP) is 0.718. The van der Waals surface area contributed by atoms with Crippen molar-refractivity contribution in [3.63, 3.8) is 0 Å². The molecule has 2 N–H and O–H groups in total. The van der Waals surface area contributed by atoms with Gasteiger partial charge >= 0.3 is 0 Å². The lowest BCUT2D eigenvalue weighted by Gasteiger charge is -2.14. The van der Waals surface area contributed by atoms with Gasteiger partial charge in [0.1, 0.15) is 6.29 Å². The van der Waals surface area contributed by atoms with Crippen LogP contribution in [0, 0.1) is 5.92 Å². The number of nitrogens with two attached hydrogens (primary N) is 1. The Hall–Kier alpha value is -0.410.